The minimum Gasteiger partial charge on any atom is -0.392 e. The zero-order valence-electron chi connectivity index (χ0n) is 11.3. The van der Waals surface area contributed by atoms with E-state index in [9.17, 15) is 5.11 Å². The maximum atomic E-state index is 9.42. The van der Waals surface area contributed by atoms with E-state index >= 15 is 0 Å². The lowest BCUT2D eigenvalue weighted by Crippen LogP contribution is -2.55. The molecule has 98 valence electrons. The fraction of sp³-hybridized carbons (Fsp3) is 1.00. The first-order valence-corrected chi connectivity index (χ1v) is 7.49. The summed E-state index contributed by atoms with van der Waals surface area (Å²) >= 11 is 0. The van der Waals surface area contributed by atoms with Gasteiger partial charge in [0.05, 0.1) is 6.10 Å². The number of hydrogen-bond acceptors (Lipinski definition) is 2. The summed E-state index contributed by atoms with van der Waals surface area (Å²) in [6.45, 7) is 4.98. The Morgan fingerprint density at radius 2 is 1.53 bits per heavy atom. The van der Waals surface area contributed by atoms with E-state index < -0.39 is 0 Å². The van der Waals surface area contributed by atoms with Gasteiger partial charge in [-0.1, -0.05) is 0 Å². The number of aliphatic hydroxyl groups excluding tert-OH is 1. The van der Waals surface area contributed by atoms with Gasteiger partial charge in [-0.05, 0) is 75.5 Å². The van der Waals surface area contributed by atoms with Crippen LogP contribution in [0, 0.1) is 23.2 Å². The smallest absolute Gasteiger partial charge is 0.0636 e. The molecule has 4 saturated carbocycles. The molecule has 0 aromatic carbocycles. The van der Waals surface area contributed by atoms with Crippen molar-refractivity contribution in [3.8, 4) is 0 Å². The summed E-state index contributed by atoms with van der Waals surface area (Å²) in [4.78, 5) is 0. The fourth-order valence-corrected chi connectivity index (χ4v) is 5.27. The second-order valence-electron chi connectivity index (χ2n) is 7.26. The summed E-state index contributed by atoms with van der Waals surface area (Å²) in [6.07, 6.45) is 8.69. The van der Waals surface area contributed by atoms with Crippen molar-refractivity contribution in [3.63, 3.8) is 0 Å². The van der Waals surface area contributed by atoms with E-state index in [1.54, 1.807) is 0 Å². The molecule has 4 rings (SSSR count). The molecule has 4 aliphatic rings. The highest BCUT2D eigenvalue weighted by Crippen LogP contribution is 2.61. The topological polar surface area (TPSA) is 32.3 Å². The van der Waals surface area contributed by atoms with Crippen molar-refractivity contribution in [1.29, 1.82) is 0 Å². The maximum absolute atomic E-state index is 9.42. The lowest BCUT2D eigenvalue weighted by atomic mass is 9.48. The van der Waals surface area contributed by atoms with Crippen molar-refractivity contribution in [2.24, 2.45) is 23.2 Å². The van der Waals surface area contributed by atoms with E-state index in [-0.39, 0.29) is 6.10 Å². The third-order valence-corrected chi connectivity index (χ3v) is 5.72. The Balaban J connectivity index is 1.68. The van der Waals surface area contributed by atoms with Gasteiger partial charge < -0.3 is 10.4 Å². The highest BCUT2D eigenvalue weighted by atomic mass is 16.3. The van der Waals surface area contributed by atoms with Crippen molar-refractivity contribution < 1.29 is 5.11 Å². The van der Waals surface area contributed by atoms with Crippen LogP contribution in [0.5, 0.6) is 0 Å². The van der Waals surface area contributed by atoms with Gasteiger partial charge in [0, 0.05) is 12.6 Å². The lowest BCUT2D eigenvalue weighted by molar-refractivity contribution is -0.0713. The van der Waals surface area contributed by atoms with Crippen LogP contribution in [0.3, 0.4) is 0 Å². The molecule has 2 N–H and O–H groups in total. The number of rotatable bonds is 4. The molecule has 2 nitrogen and oxygen atoms in total. The van der Waals surface area contributed by atoms with Crippen LogP contribution in [-0.2, 0) is 0 Å². The summed E-state index contributed by atoms with van der Waals surface area (Å²) in [5.74, 6) is 3.08. The molecule has 0 spiro atoms. The molecule has 0 heterocycles. The Bertz CT molecular complexity index is 251. The van der Waals surface area contributed by atoms with Crippen molar-refractivity contribution in [3.05, 3.63) is 0 Å². The molecule has 0 saturated heterocycles. The second kappa shape index (κ2) is 4.24. The molecule has 2 heteroatoms. The Kier molecular flexibility index (Phi) is 2.99. The minimum atomic E-state index is -0.216. The van der Waals surface area contributed by atoms with Gasteiger partial charge in [0.25, 0.3) is 0 Å². The van der Waals surface area contributed by atoms with E-state index in [0.29, 0.717) is 11.5 Å². The molecule has 17 heavy (non-hydrogen) atoms. The van der Waals surface area contributed by atoms with Gasteiger partial charge in [-0.25, -0.2) is 0 Å². The van der Waals surface area contributed by atoms with Crippen LogP contribution >= 0.6 is 0 Å². The van der Waals surface area contributed by atoms with Gasteiger partial charge in [0.2, 0.25) is 0 Å². The van der Waals surface area contributed by atoms with Crippen molar-refractivity contribution in [2.75, 3.05) is 6.54 Å². The average Bonchev–Trinajstić information content (AvgIpc) is 2.23. The van der Waals surface area contributed by atoms with Crippen molar-refractivity contribution in [2.45, 2.75) is 64.5 Å². The van der Waals surface area contributed by atoms with E-state index in [1.807, 2.05) is 6.92 Å². The molecule has 2 unspecified atom stereocenters. The number of nitrogens with one attached hydrogen (secondary N) is 1. The summed E-state index contributed by atoms with van der Waals surface area (Å²) < 4.78 is 0. The Morgan fingerprint density at radius 1 is 1.06 bits per heavy atom. The lowest BCUT2D eigenvalue weighted by Gasteiger charge is -2.59. The molecule has 4 aliphatic carbocycles. The summed E-state index contributed by atoms with van der Waals surface area (Å²) in [5, 5.41) is 13.0. The van der Waals surface area contributed by atoms with E-state index in [2.05, 4.69) is 12.2 Å². The molecular formula is C15H27NO. The minimum absolute atomic E-state index is 0.216. The van der Waals surface area contributed by atoms with Gasteiger partial charge in [-0.2, -0.15) is 0 Å². The summed E-state index contributed by atoms with van der Waals surface area (Å²) in [5.41, 5.74) is 0.573. The highest BCUT2D eigenvalue weighted by molar-refractivity contribution is 5.05. The molecular weight excluding hydrogens is 210 g/mol. The average molecular weight is 237 g/mol. The summed E-state index contributed by atoms with van der Waals surface area (Å²) in [7, 11) is 0. The summed E-state index contributed by atoms with van der Waals surface area (Å²) in [6, 6.07) is 0.588. The van der Waals surface area contributed by atoms with Crippen LogP contribution in [0.25, 0.3) is 0 Å². The quantitative estimate of drug-likeness (QED) is 0.787. The normalized spacial score (nSPS) is 47.1. The Labute approximate surface area is 105 Å². The predicted octanol–water partition coefficient (Wildman–Crippen LogP) is 2.56. The second-order valence-corrected chi connectivity index (χ2v) is 7.26. The van der Waals surface area contributed by atoms with Crippen LogP contribution < -0.4 is 5.32 Å². The van der Waals surface area contributed by atoms with Crippen molar-refractivity contribution >= 4 is 0 Å². The zero-order chi connectivity index (χ0) is 12.0. The Hall–Kier alpha value is -0.0800. The van der Waals surface area contributed by atoms with Gasteiger partial charge in [0.1, 0.15) is 0 Å². The van der Waals surface area contributed by atoms with Crippen LogP contribution in [0.4, 0.5) is 0 Å². The van der Waals surface area contributed by atoms with Crippen molar-refractivity contribution in [1.82, 2.24) is 5.32 Å². The molecule has 0 amide bonds. The third kappa shape index (κ3) is 2.15. The van der Waals surface area contributed by atoms with Gasteiger partial charge in [-0.15, -0.1) is 0 Å². The molecule has 4 fully saturated rings. The highest BCUT2D eigenvalue weighted by Gasteiger charge is 2.52. The molecule has 2 atom stereocenters. The first kappa shape index (κ1) is 12.0. The first-order chi connectivity index (χ1) is 8.07. The van der Waals surface area contributed by atoms with Gasteiger partial charge in [-0.3, -0.25) is 0 Å². The monoisotopic (exact) mass is 237 g/mol. The largest absolute Gasteiger partial charge is 0.392 e. The van der Waals surface area contributed by atoms with Crippen LogP contribution in [0.2, 0.25) is 0 Å². The van der Waals surface area contributed by atoms with E-state index in [1.165, 1.54) is 38.5 Å². The van der Waals surface area contributed by atoms with Crippen LogP contribution in [0.1, 0.15) is 52.4 Å². The standard InChI is InChI=1S/C15H27NO/c1-10(17)9-16-11(2)15-6-12-3-13(7-15)5-14(4-12)8-15/h10-14,16-17H,3-9H2,1-2H3. The van der Waals surface area contributed by atoms with Crippen LogP contribution in [-0.4, -0.2) is 23.8 Å². The third-order valence-electron chi connectivity index (χ3n) is 5.72. The maximum Gasteiger partial charge on any atom is 0.0636 e. The van der Waals surface area contributed by atoms with E-state index in [4.69, 9.17) is 0 Å². The Morgan fingerprint density at radius 3 is 1.94 bits per heavy atom. The van der Waals surface area contributed by atoms with Gasteiger partial charge >= 0.3 is 0 Å². The molecule has 0 aromatic heterocycles. The van der Waals surface area contributed by atoms with E-state index in [0.717, 1.165) is 24.3 Å². The molecule has 4 bridgehead atoms. The van der Waals surface area contributed by atoms with Crippen LogP contribution in [0.15, 0.2) is 0 Å². The number of aliphatic hydroxyl groups is 1. The van der Waals surface area contributed by atoms with Gasteiger partial charge in [0.15, 0.2) is 0 Å². The SMILES string of the molecule is CC(O)CNC(C)C12CC3CC(CC(C3)C1)C2. The molecule has 0 aliphatic heterocycles. The zero-order valence-corrected chi connectivity index (χ0v) is 11.3. The number of hydrogen-bond donors (Lipinski definition) is 2. The first-order valence-electron chi connectivity index (χ1n) is 7.49. The molecule has 0 radical (unpaired) electrons. The fourth-order valence-electron chi connectivity index (χ4n) is 5.27. The predicted molar refractivity (Wildman–Crippen MR) is 69.8 cm³/mol. The molecule has 0 aromatic rings.